The first-order valence-corrected chi connectivity index (χ1v) is 9.52. The number of carbonyl (C=O) groups is 2. The number of amides is 2. The van der Waals surface area contributed by atoms with Gasteiger partial charge in [-0.05, 0) is 66.9 Å². The van der Waals surface area contributed by atoms with Crippen molar-refractivity contribution in [3.05, 3.63) is 66.2 Å². The molecule has 0 aromatic heterocycles. The number of hydrogen-bond acceptors (Lipinski definition) is 2. The summed E-state index contributed by atoms with van der Waals surface area (Å²) in [5, 5.41) is 8.15. The maximum Gasteiger partial charge on any atom is 0.252 e. The number of fused-ring (bicyclic) bond motifs is 1. The van der Waals surface area contributed by atoms with Crippen LogP contribution in [0.1, 0.15) is 44.5 Å². The largest absolute Gasteiger partial charge is 0.347 e. The van der Waals surface area contributed by atoms with Crippen LogP contribution in [0.5, 0.6) is 0 Å². The first kappa shape index (κ1) is 19.6. The molecule has 2 N–H and O–H groups in total. The minimum Gasteiger partial charge on any atom is -0.347 e. The molecule has 0 bridgehead atoms. The Morgan fingerprint density at radius 2 is 1.61 bits per heavy atom. The molecule has 2 amide bonds. The Bertz CT molecular complexity index is 1030. The predicted molar refractivity (Wildman–Crippen MR) is 116 cm³/mol. The number of anilines is 1. The molecule has 0 saturated heterocycles. The summed E-state index contributed by atoms with van der Waals surface area (Å²) >= 11 is 0. The standard InChI is InChI=1S/C24H26N2O2/c1-5-22(27)25-19-12-13-20(23(28)26-24(2,3)4)21(15-19)18-11-10-16-8-6-7-9-17(16)14-18/h6-15H,5H2,1-4H3,(H,25,27)(H,26,28). The van der Waals surface area contributed by atoms with Crippen molar-refractivity contribution in [3.8, 4) is 11.1 Å². The van der Waals surface area contributed by atoms with Gasteiger partial charge in [-0.15, -0.1) is 0 Å². The molecule has 0 aliphatic carbocycles. The van der Waals surface area contributed by atoms with Gasteiger partial charge in [0.15, 0.2) is 0 Å². The zero-order chi connectivity index (χ0) is 20.3. The van der Waals surface area contributed by atoms with Crippen LogP contribution in [-0.4, -0.2) is 17.4 Å². The molecule has 28 heavy (non-hydrogen) atoms. The number of carbonyl (C=O) groups excluding carboxylic acids is 2. The second-order valence-corrected chi connectivity index (χ2v) is 7.93. The Kier molecular flexibility index (Phi) is 5.50. The summed E-state index contributed by atoms with van der Waals surface area (Å²) in [5.41, 5.74) is 2.65. The number of benzene rings is 3. The smallest absolute Gasteiger partial charge is 0.252 e. The zero-order valence-electron chi connectivity index (χ0n) is 16.8. The van der Waals surface area contributed by atoms with Crippen molar-refractivity contribution >= 4 is 28.3 Å². The normalized spacial score (nSPS) is 11.3. The minimum atomic E-state index is -0.340. The van der Waals surface area contributed by atoms with Crippen LogP contribution in [0.25, 0.3) is 21.9 Å². The SMILES string of the molecule is CCC(=O)Nc1ccc(C(=O)NC(C)(C)C)c(-c2ccc3ccccc3c2)c1. The molecule has 0 aliphatic rings. The van der Waals surface area contributed by atoms with Crippen molar-refractivity contribution < 1.29 is 9.59 Å². The van der Waals surface area contributed by atoms with E-state index in [1.165, 1.54) is 0 Å². The molecule has 0 fully saturated rings. The second-order valence-electron chi connectivity index (χ2n) is 7.93. The quantitative estimate of drug-likeness (QED) is 0.644. The van der Waals surface area contributed by atoms with E-state index in [9.17, 15) is 9.59 Å². The minimum absolute atomic E-state index is 0.0589. The van der Waals surface area contributed by atoms with Gasteiger partial charge in [0.1, 0.15) is 0 Å². The monoisotopic (exact) mass is 374 g/mol. The molecule has 0 spiro atoms. The molecule has 0 radical (unpaired) electrons. The number of nitrogens with one attached hydrogen (secondary N) is 2. The van der Waals surface area contributed by atoms with Crippen molar-refractivity contribution in [2.45, 2.75) is 39.7 Å². The van der Waals surface area contributed by atoms with Gasteiger partial charge in [-0.25, -0.2) is 0 Å². The first-order chi connectivity index (χ1) is 13.3. The summed E-state index contributed by atoms with van der Waals surface area (Å²) in [6.07, 6.45) is 0.400. The highest BCUT2D eigenvalue weighted by Gasteiger charge is 2.19. The fourth-order valence-electron chi connectivity index (χ4n) is 3.07. The van der Waals surface area contributed by atoms with Gasteiger partial charge in [0.25, 0.3) is 5.91 Å². The Morgan fingerprint density at radius 3 is 2.29 bits per heavy atom. The van der Waals surface area contributed by atoms with Crippen LogP contribution in [0.4, 0.5) is 5.69 Å². The van der Waals surface area contributed by atoms with Crippen LogP contribution in [-0.2, 0) is 4.79 Å². The Morgan fingerprint density at radius 1 is 0.893 bits per heavy atom. The van der Waals surface area contributed by atoms with Gasteiger partial charge in [-0.1, -0.05) is 43.3 Å². The van der Waals surface area contributed by atoms with Crippen LogP contribution in [0.3, 0.4) is 0 Å². The third kappa shape index (κ3) is 4.58. The van der Waals surface area contributed by atoms with E-state index in [1.54, 1.807) is 12.1 Å². The zero-order valence-corrected chi connectivity index (χ0v) is 16.8. The molecule has 0 heterocycles. The van der Waals surface area contributed by atoms with Gasteiger partial charge in [-0.2, -0.15) is 0 Å². The van der Waals surface area contributed by atoms with Gasteiger partial charge in [0.05, 0.1) is 0 Å². The Labute approximate surface area is 166 Å². The van der Waals surface area contributed by atoms with Crippen molar-refractivity contribution in [2.75, 3.05) is 5.32 Å². The molecule has 4 heteroatoms. The van der Waals surface area contributed by atoms with E-state index in [4.69, 9.17) is 0 Å². The van der Waals surface area contributed by atoms with Crippen LogP contribution in [0.2, 0.25) is 0 Å². The summed E-state index contributed by atoms with van der Waals surface area (Å²) in [4.78, 5) is 24.7. The second kappa shape index (κ2) is 7.85. The summed E-state index contributed by atoms with van der Waals surface area (Å²) in [6.45, 7) is 7.67. The molecule has 0 saturated carbocycles. The Hall–Kier alpha value is -3.14. The molecular formula is C24H26N2O2. The van der Waals surface area contributed by atoms with Crippen LogP contribution in [0.15, 0.2) is 60.7 Å². The van der Waals surface area contributed by atoms with Crippen LogP contribution in [0, 0.1) is 0 Å². The van der Waals surface area contributed by atoms with E-state index in [-0.39, 0.29) is 17.4 Å². The fourth-order valence-corrected chi connectivity index (χ4v) is 3.07. The molecule has 3 rings (SSSR count). The third-order valence-electron chi connectivity index (χ3n) is 4.42. The highest BCUT2D eigenvalue weighted by atomic mass is 16.2. The van der Waals surface area contributed by atoms with E-state index < -0.39 is 0 Å². The summed E-state index contributed by atoms with van der Waals surface area (Å²) in [6, 6.07) is 19.7. The van der Waals surface area contributed by atoms with Crippen molar-refractivity contribution in [3.63, 3.8) is 0 Å². The lowest BCUT2D eigenvalue weighted by Crippen LogP contribution is -2.40. The maximum atomic E-state index is 12.9. The third-order valence-corrected chi connectivity index (χ3v) is 4.42. The number of hydrogen-bond donors (Lipinski definition) is 2. The average Bonchev–Trinajstić information content (AvgIpc) is 2.66. The lowest BCUT2D eigenvalue weighted by Gasteiger charge is -2.22. The van der Waals surface area contributed by atoms with Gasteiger partial charge in [0, 0.05) is 23.2 Å². The van der Waals surface area contributed by atoms with E-state index in [1.807, 2.05) is 58.0 Å². The molecule has 0 aliphatic heterocycles. The van der Waals surface area contributed by atoms with E-state index in [0.29, 0.717) is 17.7 Å². The van der Waals surface area contributed by atoms with Crippen LogP contribution < -0.4 is 10.6 Å². The van der Waals surface area contributed by atoms with Crippen LogP contribution >= 0.6 is 0 Å². The van der Waals surface area contributed by atoms with Gasteiger partial charge in [0.2, 0.25) is 5.91 Å². The Balaban J connectivity index is 2.11. The maximum absolute atomic E-state index is 12.9. The first-order valence-electron chi connectivity index (χ1n) is 9.52. The molecule has 4 nitrogen and oxygen atoms in total. The van der Waals surface area contributed by atoms with E-state index >= 15 is 0 Å². The highest BCUT2D eigenvalue weighted by molar-refractivity contribution is 6.03. The lowest BCUT2D eigenvalue weighted by molar-refractivity contribution is -0.115. The summed E-state index contributed by atoms with van der Waals surface area (Å²) < 4.78 is 0. The van der Waals surface area contributed by atoms with Crippen molar-refractivity contribution in [1.82, 2.24) is 5.32 Å². The van der Waals surface area contributed by atoms with E-state index in [0.717, 1.165) is 21.9 Å². The number of rotatable bonds is 4. The predicted octanol–water partition coefficient (Wildman–Crippen LogP) is 5.38. The molecule has 0 atom stereocenters. The van der Waals surface area contributed by atoms with Crippen molar-refractivity contribution in [1.29, 1.82) is 0 Å². The molecule has 3 aromatic rings. The van der Waals surface area contributed by atoms with Gasteiger partial charge >= 0.3 is 0 Å². The lowest BCUT2D eigenvalue weighted by atomic mass is 9.95. The summed E-state index contributed by atoms with van der Waals surface area (Å²) in [7, 11) is 0. The topological polar surface area (TPSA) is 58.2 Å². The van der Waals surface area contributed by atoms with Gasteiger partial charge in [-0.3, -0.25) is 9.59 Å². The average molecular weight is 374 g/mol. The molecule has 0 unspecified atom stereocenters. The van der Waals surface area contributed by atoms with Crippen molar-refractivity contribution in [2.24, 2.45) is 0 Å². The molecule has 144 valence electrons. The molecular weight excluding hydrogens is 348 g/mol. The fraction of sp³-hybridized carbons (Fsp3) is 0.250. The highest BCUT2D eigenvalue weighted by Crippen LogP contribution is 2.30. The van der Waals surface area contributed by atoms with Gasteiger partial charge < -0.3 is 10.6 Å². The molecule has 3 aromatic carbocycles. The summed E-state index contributed by atoms with van der Waals surface area (Å²) in [5.74, 6) is -0.194. The van der Waals surface area contributed by atoms with E-state index in [2.05, 4.69) is 28.8 Å².